The summed E-state index contributed by atoms with van der Waals surface area (Å²) in [5.41, 5.74) is 0.709. The lowest BCUT2D eigenvalue weighted by molar-refractivity contribution is -0.384. The van der Waals surface area contributed by atoms with Gasteiger partial charge in [-0.25, -0.2) is 0 Å². The molecule has 6 nitrogen and oxygen atoms in total. The van der Waals surface area contributed by atoms with Crippen molar-refractivity contribution in [3.63, 3.8) is 0 Å². The van der Waals surface area contributed by atoms with E-state index in [0.29, 0.717) is 11.3 Å². The third-order valence-electron chi connectivity index (χ3n) is 3.90. The third-order valence-corrected chi connectivity index (χ3v) is 3.90. The third kappa shape index (κ3) is 4.10. The van der Waals surface area contributed by atoms with Crippen molar-refractivity contribution in [1.82, 2.24) is 4.90 Å². The first-order valence-corrected chi connectivity index (χ1v) is 7.63. The van der Waals surface area contributed by atoms with Crippen LogP contribution < -0.4 is 4.74 Å². The molecule has 126 valence electrons. The molecule has 2 atom stereocenters. The molecule has 1 amide bonds. The smallest absolute Gasteiger partial charge is 0.269 e. The summed E-state index contributed by atoms with van der Waals surface area (Å²) < 4.78 is 5.65. The number of carbonyl (C=O) groups excluding carboxylic acids is 1. The monoisotopic (exact) mass is 328 g/mol. The summed E-state index contributed by atoms with van der Waals surface area (Å²) in [6.07, 6.45) is -0.654. The number of amides is 1. The zero-order chi connectivity index (χ0) is 17.7. The summed E-state index contributed by atoms with van der Waals surface area (Å²) in [5, 5.41) is 10.9. The molecule has 24 heavy (non-hydrogen) atoms. The number of para-hydroxylation sites is 1. The van der Waals surface area contributed by atoms with Crippen LogP contribution in [0.2, 0.25) is 0 Å². The Hall–Kier alpha value is -2.89. The van der Waals surface area contributed by atoms with Gasteiger partial charge in [-0.3, -0.25) is 14.9 Å². The molecular weight excluding hydrogens is 308 g/mol. The highest BCUT2D eigenvalue weighted by molar-refractivity contribution is 5.81. The number of carbonyl (C=O) groups is 1. The molecule has 0 heterocycles. The molecular formula is C18H20N2O4. The lowest BCUT2D eigenvalue weighted by Crippen LogP contribution is -2.39. The number of hydrogen-bond acceptors (Lipinski definition) is 4. The van der Waals surface area contributed by atoms with E-state index in [-0.39, 0.29) is 17.6 Å². The van der Waals surface area contributed by atoms with E-state index in [1.165, 1.54) is 17.0 Å². The summed E-state index contributed by atoms with van der Waals surface area (Å²) in [5.74, 6) is 0.424. The van der Waals surface area contributed by atoms with Gasteiger partial charge in [0, 0.05) is 19.2 Å². The maximum absolute atomic E-state index is 12.5. The topological polar surface area (TPSA) is 72.7 Å². The van der Waals surface area contributed by atoms with Crippen LogP contribution >= 0.6 is 0 Å². The Labute approximate surface area is 140 Å². The van der Waals surface area contributed by atoms with Crippen LogP contribution in [0.1, 0.15) is 25.5 Å². The molecule has 2 aromatic rings. The molecule has 0 aliphatic rings. The molecule has 0 saturated heterocycles. The second-order valence-corrected chi connectivity index (χ2v) is 5.55. The average Bonchev–Trinajstić information content (AvgIpc) is 2.60. The predicted octanol–water partition coefficient (Wildman–Crippen LogP) is 3.58. The summed E-state index contributed by atoms with van der Waals surface area (Å²) in [6, 6.07) is 15.1. The van der Waals surface area contributed by atoms with E-state index < -0.39 is 11.0 Å². The van der Waals surface area contributed by atoms with Gasteiger partial charge >= 0.3 is 0 Å². The summed E-state index contributed by atoms with van der Waals surface area (Å²) in [7, 11) is 1.66. The lowest BCUT2D eigenvalue weighted by Gasteiger charge is -2.28. The van der Waals surface area contributed by atoms with E-state index in [4.69, 9.17) is 4.74 Å². The number of hydrogen-bond donors (Lipinski definition) is 0. The van der Waals surface area contributed by atoms with E-state index in [1.54, 1.807) is 38.2 Å². The first-order valence-electron chi connectivity index (χ1n) is 7.63. The van der Waals surface area contributed by atoms with Crippen molar-refractivity contribution in [2.24, 2.45) is 0 Å². The van der Waals surface area contributed by atoms with Crippen molar-refractivity contribution in [3.05, 3.63) is 70.3 Å². The van der Waals surface area contributed by atoms with Crippen LogP contribution in [0, 0.1) is 10.1 Å². The average molecular weight is 328 g/mol. The highest BCUT2D eigenvalue weighted by Gasteiger charge is 2.24. The summed E-state index contributed by atoms with van der Waals surface area (Å²) >= 11 is 0. The van der Waals surface area contributed by atoms with Gasteiger partial charge in [0.15, 0.2) is 6.10 Å². The second-order valence-electron chi connectivity index (χ2n) is 5.55. The van der Waals surface area contributed by atoms with Crippen LogP contribution in [0.3, 0.4) is 0 Å². The number of nitro groups is 1. The number of nitro benzene ring substituents is 1. The standard InChI is InChI=1S/C18H20N2O4/c1-13(15-8-7-9-16(12-15)20(22)23)19(3)18(21)14(2)24-17-10-5-4-6-11-17/h4-14H,1-3H3. The van der Waals surface area contributed by atoms with Crippen molar-refractivity contribution in [1.29, 1.82) is 0 Å². The normalized spacial score (nSPS) is 13.0. The van der Waals surface area contributed by atoms with E-state index in [9.17, 15) is 14.9 Å². The summed E-state index contributed by atoms with van der Waals surface area (Å²) in [6.45, 7) is 3.51. The zero-order valence-electron chi connectivity index (χ0n) is 13.9. The van der Waals surface area contributed by atoms with Gasteiger partial charge in [-0.15, -0.1) is 0 Å². The SMILES string of the molecule is CC(Oc1ccccc1)C(=O)N(C)C(C)c1cccc([N+](=O)[O-])c1. The number of benzene rings is 2. The highest BCUT2D eigenvalue weighted by atomic mass is 16.6. The van der Waals surface area contributed by atoms with Gasteiger partial charge in [0.1, 0.15) is 5.75 Å². The Morgan fingerprint density at radius 2 is 1.79 bits per heavy atom. The molecule has 0 radical (unpaired) electrons. The van der Waals surface area contributed by atoms with Crippen molar-refractivity contribution < 1.29 is 14.5 Å². The van der Waals surface area contributed by atoms with Crippen molar-refractivity contribution in [2.45, 2.75) is 26.0 Å². The van der Waals surface area contributed by atoms with Crippen molar-refractivity contribution in [3.8, 4) is 5.75 Å². The van der Waals surface area contributed by atoms with Gasteiger partial charge in [0.05, 0.1) is 11.0 Å². The van der Waals surface area contributed by atoms with E-state index in [1.807, 2.05) is 25.1 Å². The van der Waals surface area contributed by atoms with Gasteiger partial charge in [-0.05, 0) is 31.5 Å². The number of likely N-dealkylation sites (N-methyl/N-ethyl adjacent to an activating group) is 1. The molecule has 0 aromatic heterocycles. The number of nitrogens with zero attached hydrogens (tertiary/aromatic N) is 2. The van der Waals surface area contributed by atoms with Crippen LogP contribution in [-0.2, 0) is 4.79 Å². The van der Waals surface area contributed by atoms with Crippen LogP contribution in [0.4, 0.5) is 5.69 Å². The minimum atomic E-state index is -0.654. The molecule has 0 saturated carbocycles. The molecule has 2 rings (SSSR count). The molecule has 0 bridgehead atoms. The van der Waals surface area contributed by atoms with Crippen LogP contribution in [-0.4, -0.2) is 28.9 Å². The number of non-ortho nitro benzene ring substituents is 1. The molecule has 2 aromatic carbocycles. The first-order chi connectivity index (χ1) is 11.4. The number of ether oxygens (including phenoxy) is 1. The van der Waals surface area contributed by atoms with E-state index in [2.05, 4.69) is 0 Å². The van der Waals surface area contributed by atoms with Gasteiger partial charge in [0.25, 0.3) is 11.6 Å². The van der Waals surface area contributed by atoms with Crippen molar-refractivity contribution >= 4 is 11.6 Å². The van der Waals surface area contributed by atoms with Crippen molar-refractivity contribution in [2.75, 3.05) is 7.05 Å². The fraction of sp³-hybridized carbons (Fsp3) is 0.278. The Morgan fingerprint density at radius 3 is 2.42 bits per heavy atom. The molecule has 0 N–H and O–H groups in total. The largest absolute Gasteiger partial charge is 0.481 e. The number of rotatable bonds is 6. The Kier molecular flexibility index (Phi) is 5.52. The molecule has 0 spiro atoms. The molecule has 6 heteroatoms. The fourth-order valence-corrected chi connectivity index (χ4v) is 2.35. The Balaban J connectivity index is 2.09. The Morgan fingerprint density at radius 1 is 1.12 bits per heavy atom. The Bertz CT molecular complexity index is 718. The van der Waals surface area contributed by atoms with Gasteiger partial charge in [0.2, 0.25) is 0 Å². The molecule has 2 unspecified atom stereocenters. The maximum Gasteiger partial charge on any atom is 0.269 e. The minimum absolute atomic E-state index is 0.00813. The maximum atomic E-state index is 12.5. The van der Waals surface area contributed by atoms with Gasteiger partial charge in [-0.1, -0.05) is 30.3 Å². The van der Waals surface area contributed by atoms with Crippen LogP contribution in [0.15, 0.2) is 54.6 Å². The summed E-state index contributed by atoms with van der Waals surface area (Å²) in [4.78, 5) is 24.5. The highest BCUT2D eigenvalue weighted by Crippen LogP contribution is 2.24. The minimum Gasteiger partial charge on any atom is -0.481 e. The zero-order valence-corrected chi connectivity index (χ0v) is 13.9. The van der Waals surface area contributed by atoms with Crippen LogP contribution in [0.5, 0.6) is 5.75 Å². The molecule has 0 aliphatic carbocycles. The fourth-order valence-electron chi connectivity index (χ4n) is 2.35. The quantitative estimate of drug-likeness (QED) is 0.600. The molecule has 0 aliphatic heterocycles. The lowest BCUT2D eigenvalue weighted by atomic mass is 10.1. The first kappa shape index (κ1) is 17.5. The second kappa shape index (κ2) is 7.59. The van der Waals surface area contributed by atoms with Gasteiger partial charge < -0.3 is 9.64 Å². The van der Waals surface area contributed by atoms with E-state index >= 15 is 0 Å². The van der Waals surface area contributed by atoms with Crippen LogP contribution in [0.25, 0.3) is 0 Å². The van der Waals surface area contributed by atoms with E-state index in [0.717, 1.165) is 0 Å². The van der Waals surface area contributed by atoms with Gasteiger partial charge in [-0.2, -0.15) is 0 Å². The molecule has 0 fully saturated rings. The predicted molar refractivity (Wildman–Crippen MR) is 90.8 cm³/mol.